The second-order valence-electron chi connectivity index (χ2n) is 12.6. The third kappa shape index (κ3) is 3.66. The second kappa shape index (κ2) is 7.99. The van der Waals surface area contributed by atoms with Crippen molar-refractivity contribution in [2.45, 2.75) is 112 Å². The number of allylic oxidation sites excluding steroid dienone is 2. The fourth-order valence-corrected chi connectivity index (χ4v) is 8.98. The zero-order valence-electron chi connectivity index (χ0n) is 20.2. The van der Waals surface area contributed by atoms with Crippen molar-refractivity contribution in [2.75, 3.05) is 0 Å². The van der Waals surface area contributed by atoms with Crippen molar-refractivity contribution >= 4 is 0 Å². The molecule has 0 bridgehead atoms. The minimum atomic E-state index is -0.0162. The number of rotatable bonds is 4. The van der Waals surface area contributed by atoms with Crippen molar-refractivity contribution in [3.8, 4) is 0 Å². The summed E-state index contributed by atoms with van der Waals surface area (Å²) < 4.78 is 0. The van der Waals surface area contributed by atoms with Crippen LogP contribution in [0.2, 0.25) is 0 Å². The molecule has 0 aromatic rings. The van der Waals surface area contributed by atoms with Gasteiger partial charge in [0.25, 0.3) is 0 Å². The average molecular weight is 401 g/mol. The van der Waals surface area contributed by atoms with Gasteiger partial charge in [-0.15, -0.1) is 0 Å². The van der Waals surface area contributed by atoms with Crippen LogP contribution in [0.25, 0.3) is 0 Å². The Bertz CT molecular complexity index is 620. The van der Waals surface area contributed by atoms with Crippen LogP contribution in [-0.4, -0.2) is 11.2 Å². The normalized spacial score (nSPS) is 48.8. The van der Waals surface area contributed by atoms with Crippen LogP contribution < -0.4 is 0 Å². The lowest BCUT2D eigenvalue weighted by Crippen LogP contribution is -2.54. The van der Waals surface area contributed by atoms with Crippen molar-refractivity contribution in [2.24, 2.45) is 52.3 Å². The second-order valence-corrected chi connectivity index (χ2v) is 12.6. The van der Waals surface area contributed by atoms with Gasteiger partial charge in [0.05, 0.1) is 6.10 Å². The summed E-state index contributed by atoms with van der Waals surface area (Å²) in [7, 11) is 0. The van der Waals surface area contributed by atoms with Gasteiger partial charge in [-0.1, -0.05) is 46.3 Å². The Labute approximate surface area is 181 Å². The molecule has 166 valence electrons. The number of fused-ring (bicyclic) bond motifs is 5. The smallest absolute Gasteiger partial charge is 0.0543 e. The molecule has 1 N–H and O–H groups in total. The Hall–Kier alpha value is -0.300. The van der Waals surface area contributed by atoms with E-state index < -0.39 is 0 Å². The van der Waals surface area contributed by atoms with E-state index in [2.05, 4.69) is 47.6 Å². The first-order valence-corrected chi connectivity index (χ1v) is 13.0. The number of aliphatic hydroxyl groups excluding tert-OH is 1. The molecule has 0 heterocycles. The lowest BCUT2D eigenvalue weighted by molar-refractivity contribution is -0.129. The summed E-state index contributed by atoms with van der Waals surface area (Å²) in [5.74, 6) is 6.09. The van der Waals surface area contributed by atoms with Crippen LogP contribution in [0, 0.1) is 52.3 Å². The molecular weight excluding hydrogens is 352 g/mol. The maximum absolute atomic E-state index is 10.3. The first-order valence-electron chi connectivity index (χ1n) is 13.0. The van der Waals surface area contributed by atoms with Crippen LogP contribution in [0.3, 0.4) is 0 Å². The predicted octanol–water partition coefficient (Wildman–Crippen LogP) is 7.63. The monoisotopic (exact) mass is 400 g/mol. The average Bonchev–Trinajstić information content (AvgIpc) is 3.03. The van der Waals surface area contributed by atoms with Crippen molar-refractivity contribution in [1.29, 1.82) is 0 Å². The zero-order chi connectivity index (χ0) is 21.0. The summed E-state index contributed by atoms with van der Waals surface area (Å²) in [5.41, 5.74) is 2.67. The molecule has 2 unspecified atom stereocenters. The SMILES string of the molecule is C/C(=C\C[C@@H](C)[C@H]1CC[C@H]2[C@@H]3CCC4CC(O)CC[C@]4(C)[C@H]3CC[C@]12C)C(C)C. The molecule has 1 heteroatoms. The van der Waals surface area contributed by atoms with Gasteiger partial charge in [0, 0.05) is 0 Å². The van der Waals surface area contributed by atoms with E-state index >= 15 is 0 Å². The van der Waals surface area contributed by atoms with Crippen LogP contribution in [0.1, 0.15) is 106 Å². The first-order chi connectivity index (χ1) is 13.7. The molecule has 4 rings (SSSR count). The Balaban J connectivity index is 1.49. The summed E-state index contributed by atoms with van der Waals surface area (Å²) in [6.07, 6.45) is 16.0. The number of hydrogen-bond donors (Lipinski definition) is 1. The molecule has 29 heavy (non-hydrogen) atoms. The van der Waals surface area contributed by atoms with Crippen LogP contribution >= 0.6 is 0 Å². The third-order valence-corrected chi connectivity index (χ3v) is 11.1. The van der Waals surface area contributed by atoms with Crippen molar-refractivity contribution in [3.05, 3.63) is 11.6 Å². The van der Waals surface area contributed by atoms with E-state index in [-0.39, 0.29) is 6.10 Å². The van der Waals surface area contributed by atoms with Gasteiger partial charge in [-0.05, 0) is 123 Å². The molecule has 0 saturated heterocycles. The van der Waals surface area contributed by atoms with Gasteiger partial charge in [-0.3, -0.25) is 0 Å². The van der Waals surface area contributed by atoms with E-state index in [0.717, 1.165) is 48.3 Å². The summed E-state index contributed by atoms with van der Waals surface area (Å²) in [6, 6.07) is 0. The lowest BCUT2D eigenvalue weighted by atomic mass is 9.44. The highest BCUT2D eigenvalue weighted by Crippen LogP contribution is 2.68. The Morgan fingerprint density at radius 1 is 0.931 bits per heavy atom. The van der Waals surface area contributed by atoms with Gasteiger partial charge in [0.2, 0.25) is 0 Å². The topological polar surface area (TPSA) is 20.2 Å². The van der Waals surface area contributed by atoms with Crippen LogP contribution in [0.4, 0.5) is 0 Å². The highest BCUT2D eigenvalue weighted by Gasteiger charge is 2.60. The molecule has 0 aromatic carbocycles. The molecule has 0 amide bonds. The molecule has 1 nitrogen and oxygen atoms in total. The molecule has 0 aliphatic heterocycles. The van der Waals surface area contributed by atoms with Gasteiger partial charge in [0.1, 0.15) is 0 Å². The van der Waals surface area contributed by atoms with E-state index in [1.807, 2.05) is 0 Å². The van der Waals surface area contributed by atoms with E-state index in [9.17, 15) is 5.11 Å². The molecule has 0 radical (unpaired) electrons. The van der Waals surface area contributed by atoms with Crippen molar-refractivity contribution in [3.63, 3.8) is 0 Å². The maximum Gasteiger partial charge on any atom is 0.0543 e. The van der Waals surface area contributed by atoms with Crippen LogP contribution in [-0.2, 0) is 0 Å². The fourth-order valence-electron chi connectivity index (χ4n) is 8.98. The summed E-state index contributed by atoms with van der Waals surface area (Å²) in [5, 5.41) is 10.3. The van der Waals surface area contributed by atoms with Gasteiger partial charge >= 0.3 is 0 Å². The summed E-state index contributed by atoms with van der Waals surface area (Å²) >= 11 is 0. The largest absolute Gasteiger partial charge is 0.393 e. The molecule has 9 atom stereocenters. The quantitative estimate of drug-likeness (QED) is 0.481. The molecule has 4 aliphatic rings. The first kappa shape index (κ1) is 21.9. The lowest BCUT2D eigenvalue weighted by Gasteiger charge is -2.61. The number of aliphatic hydroxyl groups is 1. The standard InChI is InChI=1S/C28H48O/c1-18(2)19(3)7-8-20(4)24-11-12-25-23-10-9-21-17-22(29)13-15-27(21,5)26(23)14-16-28(24,25)6/h7,18,20-26,29H,8-17H2,1-6H3/b19-7+/t20-,21?,22?,23+,24-,25+,26+,27+,28-/m1/s1. The van der Waals surface area contributed by atoms with Gasteiger partial charge in [-0.25, -0.2) is 0 Å². The summed E-state index contributed by atoms with van der Waals surface area (Å²) in [4.78, 5) is 0. The highest BCUT2D eigenvalue weighted by molar-refractivity contribution is 5.10. The molecule has 0 spiro atoms. The van der Waals surface area contributed by atoms with Gasteiger partial charge in [-0.2, -0.15) is 0 Å². The van der Waals surface area contributed by atoms with Crippen molar-refractivity contribution in [1.82, 2.24) is 0 Å². The Morgan fingerprint density at radius 2 is 1.62 bits per heavy atom. The van der Waals surface area contributed by atoms with E-state index in [4.69, 9.17) is 0 Å². The predicted molar refractivity (Wildman–Crippen MR) is 124 cm³/mol. The third-order valence-electron chi connectivity index (χ3n) is 11.1. The number of hydrogen-bond acceptors (Lipinski definition) is 1. The molecule has 4 saturated carbocycles. The van der Waals surface area contributed by atoms with Crippen LogP contribution in [0.15, 0.2) is 11.6 Å². The zero-order valence-corrected chi connectivity index (χ0v) is 20.2. The minimum Gasteiger partial charge on any atom is -0.393 e. The van der Waals surface area contributed by atoms with Crippen molar-refractivity contribution < 1.29 is 5.11 Å². The fraction of sp³-hybridized carbons (Fsp3) is 0.929. The highest BCUT2D eigenvalue weighted by atomic mass is 16.3. The van der Waals surface area contributed by atoms with E-state index in [1.165, 1.54) is 51.4 Å². The summed E-state index contributed by atoms with van der Waals surface area (Å²) in [6.45, 7) is 14.8. The Kier molecular flexibility index (Phi) is 6.04. The van der Waals surface area contributed by atoms with Gasteiger partial charge in [0.15, 0.2) is 0 Å². The molecule has 4 fully saturated rings. The maximum atomic E-state index is 10.3. The molecule has 4 aliphatic carbocycles. The Morgan fingerprint density at radius 3 is 2.34 bits per heavy atom. The van der Waals surface area contributed by atoms with Crippen LogP contribution in [0.5, 0.6) is 0 Å². The molecule has 0 aromatic heterocycles. The van der Waals surface area contributed by atoms with Gasteiger partial charge < -0.3 is 5.11 Å². The molecular formula is C28H48O. The van der Waals surface area contributed by atoms with E-state index in [0.29, 0.717) is 16.7 Å². The minimum absolute atomic E-state index is 0.0162. The van der Waals surface area contributed by atoms with E-state index in [1.54, 1.807) is 5.57 Å².